The highest BCUT2D eigenvalue weighted by molar-refractivity contribution is 5.79. The van der Waals surface area contributed by atoms with Crippen LogP contribution in [0, 0.1) is 5.82 Å². The summed E-state index contributed by atoms with van der Waals surface area (Å²) in [5, 5.41) is 8.78. The molecule has 1 atom stereocenters. The predicted octanol–water partition coefficient (Wildman–Crippen LogP) is 3.59. The van der Waals surface area contributed by atoms with Crippen molar-refractivity contribution in [1.29, 1.82) is 0 Å². The minimum atomic E-state index is -0.272. The number of piperazine rings is 1. The largest absolute Gasteiger partial charge is 0.339 e. The molecule has 3 heterocycles. The SMILES string of the molecule is CN1CCN(C(=O)Cc2ccccc2)C[C@H]1c1nnn2cc(-c3cccc(F)c3)ccc12. The van der Waals surface area contributed by atoms with E-state index in [0.717, 1.165) is 34.4 Å². The van der Waals surface area contributed by atoms with Crippen molar-refractivity contribution in [1.82, 2.24) is 24.6 Å². The van der Waals surface area contributed by atoms with Gasteiger partial charge in [0.25, 0.3) is 0 Å². The highest BCUT2D eigenvalue weighted by Crippen LogP contribution is 2.28. The van der Waals surface area contributed by atoms with Gasteiger partial charge in [-0.1, -0.05) is 53.7 Å². The van der Waals surface area contributed by atoms with Crippen LogP contribution in [0.4, 0.5) is 4.39 Å². The summed E-state index contributed by atoms with van der Waals surface area (Å²) in [6, 6.07) is 20.2. The number of rotatable bonds is 4. The lowest BCUT2D eigenvalue weighted by atomic mass is 10.0. The van der Waals surface area contributed by atoms with E-state index in [0.29, 0.717) is 19.5 Å². The molecule has 4 aromatic rings. The van der Waals surface area contributed by atoms with Crippen LogP contribution in [0.15, 0.2) is 72.9 Å². The Hall–Kier alpha value is -3.58. The molecule has 1 amide bonds. The van der Waals surface area contributed by atoms with Crippen LogP contribution in [0.25, 0.3) is 16.6 Å². The van der Waals surface area contributed by atoms with Crippen molar-refractivity contribution in [2.24, 2.45) is 0 Å². The van der Waals surface area contributed by atoms with E-state index in [2.05, 4.69) is 22.3 Å². The number of carbonyl (C=O) groups is 1. The summed E-state index contributed by atoms with van der Waals surface area (Å²) in [6.07, 6.45) is 2.26. The van der Waals surface area contributed by atoms with Gasteiger partial charge in [0, 0.05) is 31.4 Å². The molecule has 5 rings (SSSR count). The third-order valence-corrected chi connectivity index (χ3v) is 6.11. The van der Waals surface area contributed by atoms with E-state index >= 15 is 0 Å². The first kappa shape index (κ1) is 20.3. The molecule has 6 nitrogen and oxygen atoms in total. The average Bonchev–Trinajstić information content (AvgIpc) is 3.23. The number of fused-ring (bicyclic) bond motifs is 1. The molecule has 162 valence electrons. The van der Waals surface area contributed by atoms with Crippen LogP contribution in [0.2, 0.25) is 0 Å². The number of likely N-dealkylation sites (N-methyl/N-ethyl adjacent to an activating group) is 1. The summed E-state index contributed by atoms with van der Waals surface area (Å²) in [4.78, 5) is 17.1. The molecule has 0 aliphatic carbocycles. The molecule has 0 N–H and O–H groups in total. The Kier molecular flexibility index (Phi) is 5.41. The molecule has 0 saturated carbocycles. The van der Waals surface area contributed by atoms with Crippen molar-refractivity contribution >= 4 is 11.4 Å². The van der Waals surface area contributed by atoms with Gasteiger partial charge in [0.15, 0.2) is 0 Å². The first-order chi connectivity index (χ1) is 15.6. The van der Waals surface area contributed by atoms with Crippen LogP contribution in [-0.2, 0) is 11.2 Å². The third-order valence-electron chi connectivity index (χ3n) is 6.11. The van der Waals surface area contributed by atoms with Gasteiger partial charge < -0.3 is 4.90 Å². The van der Waals surface area contributed by atoms with Crippen molar-refractivity contribution in [2.45, 2.75) is 12.5 Å². The van der Waals surface area contributed by atoms with Gasteiger partial charge in [-0.2, -0.15) is 0 Å². The van der Waals surface area contributed by atoms with Crippen LogP contribution in [-0.4, -0.2) is 57.2 Å². The summed E-state index contributed by atoms with van der Waals surface area (Å²) in [6.45, 7) is 2.04. The number of nitrogens with zero attached hydrogens (tertiary/aromatic N) is 5. The maximum atomic E-state index is 13.6. The van der Waals surface area contributed by atoms with Gasteiger partial charge >= 0.3 is 0 Å². The van der Waals surface area contributed by atoms with Gasteiger partial charge in [-0.05, 0) is 36.4 Å². The summed E-state index contributed by atoms with van der Waals surface area (Å²) in [5.41, 5.74) is 4.41. The second-order valence-corrected chi connectivity index (χ2v) is 8.23. The number of amides is 1. The predicted molar refractivity (Wildman–Crippen MR) is 120 cm³/mol. The minimum Gasteiger partial charge on any atom is -0.339 e. The zero-order chi connectivity index (χ0) is 22.1. The van der Waals surface area contributed by atoms with E-state index in [4.69, 9.17) is 0 Å². The molecule has 32 heavy (non-hydrogen) atoms. The highest BCUT2D eigenvalue weighted by Gasteiger charge is 2.31. The molecule has 0 bridgehead atoms. The fraction of sp³-hybridized carbons (Fsp3) is 0.240. The zero-order valence-corrected chi connectivity index (χ0v) is 17.9. The molecule has 1 fully saturated rings. The quantitative estimate of drug-likeness (QED) is 0.498. The van der Waals surface area contributed by atoms with Crippen LogP contribution in [0.3, 0.4) is 0 Å². The molecule has 1 saturated heterocycles. The van der Waals surface area contributed by atoms with E-state index in [1.807, 2.05) is 59.6 Å². The average molecular weight is 429 g/mol. The Morgan fingerprint density at radius 1 is 1.03 bits per heavy atom. The van der Waals surface area contributed by atoms with Crippen LogP contribution >= 0.6 is 0 Å². The second kappa shape index (κ2) is 8.51. The van der Waals surface area contributed by atoms with E-state index in [1.165, 1.54) is 12.1 Å². The minimum absolute atomic E-state index is 0.0407. The van der Waals surface area contributed by atoms with E-state index < -0.39 is 0 Å². The Labute approximate surface area is 185 Å². The lowest BCUT2D eigenvalue weighted by Crippen LogP contribution is -2.49. The van der Waals surface area contributed by atoms with E-state index in [1.54, 1.807) is 10.6 Å². The lowest BCUT2D eigenvalue weighted by molar-refractivity contribution is -0.133. The van der Waals surface area contributed by atoms with Crippen molar-refractivity contribution < 1.29 is 9.18 Å². The number of hydrogen-bond acceptors (Lipinski definition) is 4. The van der Waals surface area contributed by atoms with Gasteiger partial charge in [-0.15, -0.1) is 5.10 Å². The molecule has 7 heteroatoms. The summed E-state index contributed by atoms with van der Waals surface area (Å²) in [7, 11) is 2.05. The number of carbonyl (C=O) groups excluding carboxylic acids is 1. The Bertz CT molecular complexity index is 1260. The highest BCUT2D eigenvalue weighted by atomic mass is 19.1. The molecule has 0 unspecified atom stereocenters. The van der Waals surface area contributed by atoms with Crippen LogP contribution in [0.5, 0.6) is 0 Å². The summed E-state index contributed by atoms with van der Waals surface area (Å²) < 4.78 is 15.4. The topological polar surface area (TPSA) is 53.7 Å². The first-order valence-electron chi connectivity index (χ1n) is 10.7. The smallest absolute Gasteiger partial charge is 0.227 e. The molecule has 0 radical (unpaired) electrons. The zero-order valence-electron chi connectivity index (χ0n) is 17.9. The van der Waals surface area contributed by atoms with Gasteiger partial charge in [0.1, 0.15) is 11.5 Å². The van der Waals surface area contributed by atoms with Crippen molar-refractivity contribution in [2.75, 3.05) is 26.7 Å². The van der Waals surface area contributed by atoms with Gasteiger partial charge in [-0.3, -0.25) is 9.69 Å². The maximum Gasteiger partial charge on any atom is 0.227 e. The number of aromatic nitrogens is 3. The fourth-order valence-electron chi connectivity index (χ4n) is 4.27. The molecule has 1 aliphatic rings. The van der Waals surface area contributed by atoms with Crippen molar-refractivity contribution in [3.05, 3.63) is 90.0 Å². The summed E-state index contributed by atoms with van der Waals surface area (Å²) >= 11 is 0. The maximum absolute atomic E-state index is 13.6. The Morgan fingerprint density at radius 3 is 2.69 bits per heavy atom. The Balaban J connectivity index is 1.39. The van der Waals surface area contributed by atoms with Gasteiger partial charge in [0.05, 0.1) is 18.0 Å². The second-order valence-electron chi connectivity index (χ2n) is 8.23. The van der Waals surface area contributed by atoms with Crippen LogP contribution in [0.1, 0.15) is 17.3 Å². The van der Waals surface area contributed by atoms with E-state index in [-0.39, 0.29) is 17.8 Å². The first-order valence-corrected chi connectivity index (χ1v) is 10.7. The van der Waals surface area contributed by atoms with Crippen molar-refractivity contribution in [3.63, 3.8) is 0 Å². The summed E-state index contributed by atoms with van der Waals surface area (Å²) in [5.74, 6) is -0.148. The molecular formula is C25H24FN5O. The number of benzene rings is 2. The third kappa shape index (κ3) is 3.99. The fourth-order valence-corrected chi connectivity index (χ4v) is 4.27. The molecule has 0 spiro atoms. The molecule has 2 aromatic heterocycles. The lowest BCUT2D eigenvalue weighted by Gasteiger charge is -2.38. The monoisotopic (exact) mass is 429 g/mol. The van der Waals surface area contributed by atoms with Crippen molar-refractivity contribution in [3.8, 4) is 11.1 Å². The molecule has 1 aliphatic heterocycles. The number of halogens is 1. The standard InChI is InChI=1S/C25H24FN5O/c1-29-12-13-30(24(32)14-18-6-3-2-4-7-18)17-23(29)25-22-11-10-20(16-31(22)28-27-25)19-8-5-9-21(26)15-19/h2-11,15-16,23H,12-14,17H2,1H3/t23-/m0/s1. The number of hydrogen-bond donors (Lipinski definition) is 0. The normalized spacial score (nSPS) is 17.1. The Morgan fingerprint density at radius 2 is 1.88 bits per heavy atom. The van der Waals surface area contributed by atoms with E-state index in [9.17, 15) is 9.18 Å². The molecule has 2 aromatic carbocycles. The molecular weight excluding hydrogens is 405 g/mol. The van der Waals surface area contributed by atoms with Gasteiger partial charge in [-0.25, -0.2) is 8.91 Å². The van der Waals surface area contributed by atoms with Gasteiger partial charge in [0.2, 0.25) is 5.91 Å². The van der Waals surface area contributed by atoms with Crippen LogP contribution < -0.4 is 0 Å². The number of pyridine rings is 1.